The van der Waals surface area contributed by atoms with E-state index in [1.165, 1.54) is 6.07 Å². The number of nitrogens with one attached hydrogen (secondary N) is 1. The first-order valence-electron chi connectivity index (χ1n) is 6.69. The van der Waals surface area contributed by atoms with Gasteiger partial charge in [0.2, 0.25) is 0 Å². The van der Waals surface area contributed by atoms with Gasteiger partial charge in [0.15, 0.2) is 0 Å². The molecule has 1 aromatic carbocycles. The molecular formula is C15H14F2N2O2. The molecule has 110 valence electrons. The molecule has 4 nitrogen and oxygen atoms in total. The van der Waals surface area contributed by atoms with Gasteiger partial charge >= 0.3 is 5.92 Å². The Labute approximate surface area is 119 Å². The normalized spacial score (nSPS) is 17.3. The summed E-state index contributed by atoms with van der Waals surface area (Å²) < 4.78 is 28.1. The van der Waals surface area contributed by atoms with Gasteiger partial charge < -0.3 is 10.4 Å². The van der Waals surface area contributed by atoms with Crippen molar-refractivity contribution in [3.63, 3.8) is 0 Å². The lowest BCUT2D eigenvalue weighted by atomic mass is 9.75. The molecule has 0 atom stereocenters. The van der Waals surface area contributed by atoms with Crippen LogP contribution in [0.2, 0.25) is 0 Å². The summed E-state index contributed by atoms with van der Waals surface area (Å²) in [4.78, 5) is 16.0. The number of carbonyl (C=O) groups excluding carboxylic acids is 1. The van der Waals surface area contributed by atoms with Crippen LogP contribution in [0, 0.1) is 0 Å². The molecule has 0 radical (unpaired) electrons. The van der Waals surface area contributed by atoms with E-state index in [1.807, 2.05) is 0 Å². The first-order chi connectivity index (χ1) is 9.94. The number of pyridine rings is 1. The molecule has 1 aromatic heterocycles. The van der Waals surface area contributed by atoms with E-state index < -0.39 is 17.4 Å². The molecule has 1 aliphatic rings. The number of fused-ring (bicyclic) bond motifs is 1. The van der Waals surface area contributed by atoms with E-state index in [2.05, 4.69) is 10.3 Å². The van der Waals surface area contributed by atoms with Crippen LogP contribution in [0.3, 0.4) is 0 Å². The van der Waals surface area contributed by atoms with E-state index >= 15 is 0 Å². The van der Waals surface area contributed by atoms with Crippen molar-refractivity contribution in [2.24, 2.45) is 0 Å². The maximum atomic E-state index is 14.1. The van der Waals surface area contributed by atoms with E-state index in [0.29, 0.717) is 17.3 Å². The predicted molar refractivity (Wildman–Crippen MR) is 74.1 cm³/mol. The smallest absolute Gasteiger partial charge is 0.352 e. The highest BCUT2D eigenvalue weighted by molar-refractivity contribution is 6.04. The Kier molecular flexibility index (Phi) is 3.13. The fraction of sp³-hybridized carbons (Fsp3) is 0.333. The summed E-state index contributed by atoms with van der Waals surface area (Å²) in [6.07, 6.45) is 1.95. The highest BCUT2D eigenvalue weighted by Crippen LogP contribution is 2.44. The second kappa shape index (κ2) is 4.73. The average Bonchev–Trinajstić information content (AvgIpc) is 2.45. The van der Waals surface area contributed by atoms with Crippen LogP contribution in [0.1, 0.15) is 19.3 Å². The fourth-order valence-corrected chi connectivity index (χ4v) is 2.45. The summed E-state index contributed by atoms with van der Waals surface area (Å²) in [7, 11) is 0. The number of halogens is 2. The average molecular weight is 292 g/mol. The molecule has 2 N–H and O–H groups in total. The summed E-state index contributed by atoms with van der Waals surface area (Å²) >= 11 is 0. The molecule has 1 aliphatic carbocycles. The maximum absolute atomic E-state index is 14.1. The van der Waals surface area contributed by atoms with Crippen LogP contribution >= 0.6 is 0 Å². The molecule has 1 saturated carbocycles. The Morgan fingerprint density at radius 1 is 1.29 bits per heavy atom. The van der Waals surface area contributed by atoms with E-state index in [0.717, 1.165) is 0 Å². The summed E-state index contributed by atoms with van der Waals surface area (Å²) in [5.74, 6) is -5.30. The summed E-state index contributed by atoms with van der Waals surface area (Å²) in [6.45, 7) is 0. The third-order valence-corrected chi connectivity index (χ3v) is 3.94. The zero-order chi connectivity index (χ0) is 15.1. The second-order valence-corrected chi connectivity index (χ2v) is 5.29. The topological polar surface area (TPSA) is 62.2 Å². The van der Waals surface area contributed by atoms with E-state index in [1.54, 1.807) is 30.5 Å². The molecule has 1 amide bonds. The van der Waals surface area contributed by atoms with Crippen molar-refractivity contribution in [1.29, 1.82) is 0 Å². The zero-order valence-corrected chi connectivity index (χ0v) is 11.1. The monoisotopic (exact) mass is 292 g/mol. The lowest BCUT2D eigenvalue weighted by Crippen LogP contribution is -2.59. The Balaban J connectivity index is 1.90. The first kappa shape index (κ1) is 13.9. The van der Waals surface area contributed by atoms with Crippen molar-refractivity contribution >= 4 is 22.5 Å². The van der Waals surface area contributed by atoms with Gasteiger partial charge in [0, 0.05) is 11.6 Å². The minimum Gasteiger partial charge on any atom is -0.383 e. The standard InChI is InChI=1S/C15H14F2N2O2/c16-15(17,14(21)7-3-8-14)13(20)19-12-6-1-5-11-10(12)4-2-9-18-11/h1-2,4-6,9,21H,3,7-8H2,(H,19,20). The van der Waals surface area contributed by atoms with Gasteiger partial charge in [0.25, 0.3) is 5.91 Å². The molecule has 1 fully saturated rings. The number of aromatic nitrogens is 1. The number of hydrogen-bond donors (Lipinski definition) is 2. The van der Waals surface area contributed by atoms with E-state index in [-0.39, 0.29) is 18.5 Å². The molecule has 1 heterocycles. The van der Waals surface area contributed by atoms with Gasteiger partial charge in [-0.05, 0) is 43.5 Å². The number of amides is 1. The van der Waals surface area contributed by atoms with E-state index in [4.69, 9.17) is 0 Å². The lowest BCUT2D eigenvalue weighted by Gasteiger charge is -2.41. The number of nitrogens with zero attached hydrogens (tertiary/aromatic N) is 1. The highest BCUT2D eigenvalue weighted by Gasteiger charge is 2.61. The number of hydrogen-bond acceptors (Lipinski definition) is 3. The number of alkyl halides is 2. The van der Waals surface area contributed by atoms with Crippen LogP contribution in [-0.4, -0.2) is 27.5 Å². The molecule has 0 spiro atoms. The molecule has 0 saturated heterocycles. The van der Waals surface area contributed by atoms with Crippen molar-refractivity contribution in [2.75, 3.05) is 5.32 Å². The SMILES string of the molecule is O=C(Nc1cccc2ncccc12)C(F)(F)C1(O)CCC1. The van der Waals surface area contributed by atoms with Crippen molar-refractivity contribution in [3.8, 4) is 0 Å². The number of anilines is 1. The van der Waals surface area contributed by atoms with Crippen LogP contribution in [0.4, 0.5) is 14.5 Å². The lowest BCUT2D eigenvalue weighted by molar-refractivity contribution is -0.212. The Morgan fingerprint density at radius 2 is 2.05 bits per heavy atom. The van der Waals surface area contributed by atoms with E-state index in [9.17, 15) is 18.7 Å². The number of benzene rings is 1. The highest BCUT2D eigenvalue weighted by atomic mass is 19.3. The minimum absolute atomic E-state index is 0.0650. The van der Waals surface area contributed by atoms with Gasteiger partial charge in [-0.3, -0.25) is 9.78 Å². The fourth-order valence-electron chi connectivity index (χ4n) is 2.45. The molecule has 0 unspecified atom stereocenters. The van der Waals surface area contributed by atoms with Crippen LogP contribution < -0.4 is 5.32 Å². The first-order valence-corrected chi connectivity index (χ1v) is 6.69. The summed E-state index contributed by atoms with van der Waals surface area (Å²) in [5.41, 5.74) is -1.37. The Morgan fingerprint density at radius 3 is 2.71 bits per heavy atom. The molecule has 6 heteroatoms. The van der Waals surface area contributed by atoms with Crippen LogP contribution in [-0.2, 0) is 4.79 Å². The third kappa shape index (κ3) is 2.15. The Bertz CT molecular complexity index is 694. The van der Waals surface area contributed by atoms with Crippen LogP contribution in [0.15, 0.2) is 36.5 Å². The van der Waals surface area contributed by atoms with Crippen molar-refractivity contribution < 1.29 is 18.7 Å². The largest absolute Gasteiger partial charge is 0.383 e. The predicted octanol–water partition coefficient (Wildman–Crippen LogP) is 2.72. The molecule has 2 aromatic rings. The Hall–Kier alpha value is -2.08. The quantitative estimate of drug-likeness (QED) is 0.914. The van der Waals surface area contributed by atoms with Gasteiger partial charge in [-0.15, -0.1) is 0 Å². The maximum Gasteiger partial charge on any atom is 0.352 e. The van der Waals surface area contributed by atoms with Crippen molar-refractivity contribution in [2.45, 2.75) is 30.8 Å². The second-order valence-electron chi connectivity index (χ2n) is 5.29. The number of aliphatic hydroxyl groups is 1. The number of rotatable bonds is 3. The molecule has 0 aliphatic heterocycles. The summed E-state index contributed by atoms with van der Waals surface area (Å²) in [5, 5.41) is 12.6. The van der Waals surface area contributed by atoms with Crippen molar-refractivity contribution in [3.05, 3.63) is 36.5 Å². The molecule has 3 rings (SSSR count). The van der Waals surface area contributed by atoms with Gasteiger partial charge in [-0.25, -0.2) is 0 Å². The van der Waals surface area contributed by atoms with Crippen LogP contribution in [0.5, 0.6) is 0 Å². The minimum atomic E-state index is -3.81. The van der Waals surface area contributed by atoms with Crippen molar-refractivity contribution in [1.82, 2.24) is 4.98 Å². The molecule has 0 bridgehead atoms. The van der Waals surface area contributed by atoms with Gasteiger partial charge in [0.1, 0.15) is 5.60 Å². The van der Waals surface area contributed by atoms with Gasteiger partial charge in [-0.2, -0.15) is 8.78 Å². The van der Waals surface area contributed by atoms with Gasteiger partial charge in [0.05, 0.1) is 11.2 Å². The molecular weight excluding hydrogens is 278 g/mol. The number of carbonyl (C=O) groups is 1. The zero-order valence-electron chi connectivity index (χ0n) is 11.1. The third-order valence-electron chi connectivity index (χ3n) is 3.94. The van der Waals surface area contributed by atoms with Crippen LogP contribution in [0.25, 0.3) is 10.9 Å². The summed E-state index contributed by atoms with van der Waals surface area (Å²) in [6, 6.07) is 8.23. The molecule has 21 heavy (non-hydrogen) atoms. The van der Waals surface area contributed by atoms with Gasteiger partial charge in [-0.1, -0.05) is 6.07 Å².